The van der Waals surface area contributed by atoms with Gasteiger partial charge in [0.2, 0.25) is 5.71 Å². The largest absolute Gasteiger partial charge is 0.425 e. The van der Waals surface area contributed by atoms with E-state index in [2.05, 4.69) is 57.6 Å². The Kier molecular flexibility index (Phi) is 2.53. The monoisotopic (exact) mass is 232 g/mol. The summed E-state index contributed by atoms with van der Waals surface area (Å²) in [7, 11) is 0. The van der Waals surface area contributed by atoms with E-state index < -0.39 is 0 Å². The van der Waals surface area contributed by atoms with Crippen molar-refractivity contribution < 1.29 is 4.42 Å². The van der Waals surface area contributed by atoms with Crippen LogP contribution >= 0.6 is 0 Å². The molecule has 2 heterocycles. The standard InChI is InChI=1S/C14H20N2O/c1-13(2,3)9-7-10-12(17-8-15-10)16-11(9)14(4,5)6/h7-8H,1-6H3. The molecule has 0 amide bonds. The van der Waals surface area contributed by atoms with Crippen LogP contribution in [0, 0.1) is 0 Å². The Morgan fingerprint density at radius 2 is 1.65 bits per heavy atom. The number of rotatable bonds is 0. The molecule has 3 nitrogen and oxygen atoms in total. The maximum Gasteiger partial charge on any atom is 0.246 e. The van der Waals surface area contributed by atoms with Crippen LogP contribution in [-0.4, -0.2) is 9.97 Å². The number of hydrogen-bond donors (Lipinski definition) is 0. The summed E-state index contributed by atoms with van der Waals surface area (Å²) in [6.45, 7) is 13.1. The lowest BCUT2D eigenvalue weighted by Crippen LogP contribution is -2.23. The van der Waals surface area contributed by atoms with Gasteiger partial charge in [0.15, 0.2) is 6.39 Å². The Bertz CT molecular complexity index is 493. The fraction of sp³-hybridized carbons (Fsp3) is 0.571. The van der Waals surface area contributed by atoms with Crippen LogP contribution in [0.3, 0.4) is 0 Å². The zero-order valence-corrected chi connectivity index (χ0v) is 11.5. The summed E-state index contributed by atoms with van der Waals surface area (Å²) >= 11 is 0. The molecule has 0 bridgehead atoms. The van der Waals surface area contributed by atoms with Crippen LogP contribution in [0.5, 0.6) is 0 Å². The van der Waals surface area contributed by atoms with Gasteiger partial charge in [-0.2, -0.15) is 0 Å². The highest BCUT2D eigenvalue weighted by atomic mass is 16.3. The molecule has 0 aromatic carbocycles. The van der Waals surface area contributed by atoms with Crippen LogP contribution < -0.4 is 0 Å². The molecular weight excluding hydrogens is 212 g/mol. The molecule has 0 unspecified atom stereocenters. The maximum atomic E-state index is 5.30. The van der Waals surface area contributed by atoms with E-state index in [1.807, 2.05) is 0 Å². The molecule has 17 heavy (non-hydrogen) atoms. The highest BCUT2D eigenvalue weighted by Gasteiger charge is 2.27. The first-order chi connectivity index (χ1) is 7.69. The van der Waals surface area contributed by atoms with Gasteiger partial charge < -0.3 is 4.42 Å². The second-order valence-electron chi connectivity index (χ2n) is 6.56. The molecule has 0 radical (unpaired) electrons. The molecule has 0 saturated carbocycles. The van der Waals surface area contributed by atoms with E-state index in [9.17, 15) is 0 Å². The average molecular weight is 232 g/mol. The lowest BCUT2D eigenvalue weighted by molar-refractivity contribution is 0.509. The minimum absolute atomic E-state index is 0.00356. The van der Waals surface area contributed by atoms with Crippen molar-refractivity contribution in [1.82, 2.24) is 9.97 Å². The first-order valence-electron chi connectivity index (χ1n) is 5.95. The van der Waals surface area contributed by atoms with Crippen LogP contribution in [0.1, 0.15) is 52.8 Å². The summed E-state index contributed by atoms with van der Waals surface area (Å²) in [5.41, 5.74) is 3.86. The molecule has 0 aliphatic carbocycles. The number of nitrogens with zero attached hydrogens (tertiary/aromatic N) is 2. The molecule has 92 valence electrons. The predicted molar refractivity (Wildman–Crippen MR) is 69.2 cm³/mol. The van der Waals surface area contributed by atoms with Crippen molar-refractivity contribution in [3.63, 3.8) is 0 Å². The van der Waals surface area contributed by atoms with Gasteiger partial charge in [-0.3, -0.25) is 0 Å². The maximum absolute atomic E-state index is 5.30. The summed E-state index contributed by atoms with van der Waals surface area (Å²) in [5.74, 6) is 0. The van der Waals surface area contributed by atoms with E-state index >= 15 is 0 Å². The van der Waals surface area contributed by atoms with Gasteiger partial charge in [0.05, 0.1) is 5.69 Å². The zero-order valence-electron chi connectivity index (χ0n) is 11.5. The van der Waals surface area contributed by atoms with Crippen LogP contribution in [0.4, 0.5) is 0 Å². The van der Waals surface area contributed by atoms with E-state index in [4.69, 9.17) is 4.42 Å². The third-order valence-electron chi connectivity index (χ3n) is 2.84. The molecule has 0 N–H and O–H groups in total. The Labute approximate surface area is 102 Å². The molecule has 3 heteroatoms. The zero-order chi connectivity index (χ0) is 12.8. The quantitative estimate of drug-likeness (QED) is 0.693. The van der Waals surface area contributed by atoms with Crippen molar-refractivity contribution in [2.24, 2.45) is 0 Å². The molecule has 0 saturated heterocycles. The molecule has 0 atom stereocenters. The third-order valence-corrected chi connectivity index (χ3v) is 2.84. The Hall–Kier alpha value is -1.38. The fourth-order valence-electron chi connectivity index (χ4n) is 1.94. The van der Waals surface area contributed by atoms with Gasteiger partial charge in [0, 0.05) is 5.41 Å². The van der Waals surface area contributed by atoms with Crippen LogP contribution in [0.25, 0.3) is 11.2 Å². The minimum atomic E-state index is 0.00356. The summed E-state index contributed by atoms with van der Waals surface area (Å²) in [4.78, 5) is 8.83. The van der Waals surface area contributed by atoms with Crippen molar-refractivity contribution in [2.75, 3.05) is 0 Å². The van der Waals surface area contributed by atoms with E-state index in [1.54, 1.807) is 0 Å². The van der Waals surface area contributed by atoms with Crippen LogP contribution in [0.15, 0.2) is 16.9 Å². The van der Waals surface area contributed by atoms with Crippen molar-refractivity contribution in [3.05, 3.63) is 23.7 Å². The summed E-state index contributed by atoms with van der Waals surface area (Å²) in [6, 6.07) is 2.10. The van der Waals surface area contributed by atoms with Gasteiger partial charge in [-0.05, 0) is 17.0 Å². The van der Waals surface area contributed by atoms with Gasteiger partial charge in [-0.1, -0.05) is 41.5 Å². The Morgan fingerprint density at radius 3 is 2.18 bits per heavy atom. The number of oxazole rings is 1. The highest BCUT2D eigenvalue weighted by molar-refractivity contribution is 5.69. The van der Waals surface area contributed by atoms with E-state index in [0.29, 0.717) is 5.71 Å². The van der Waals surface area contributed by atoms with Gasteiger partial charge in [-0.25, -0.2) is 9.97 Å². The molecule has 0 aliphatic rings. The molecule has 0 spiro atoms. The Morgan fingerprint density at radius 1 is 1.00 bits per heavy atom. The number of fused-ring (bicyclic) bond motifs is 1. The van der Waals surface area contributed by atoms with E-state index in [1.165, 1.54) is 12.0 Å². The lowest BCUT2D eigenvalue weighted by atomic mass is 9.78. The van der Waals surface area contributed by atoms with Crippen molar-refractivity contribution in [2.45, 2.75) is 52.4 Å². The van der Waals surface area contributed by atoms with Gasteiger partial charge in [-0.15, -0.1) is 0 Å². The topological polar surface area (TPSA) is 38.9 Å². The average Bonchev–Trinajstić information content (AvgIpc) is 2.59. The molecule has 2 aromatic rings. The normalized spacial score (nSPS) is 13.3. The number of pyridine rings is 1. The number of aromatic nitrogens is 2. The molecular formula is C14H20N2O. The molecule has 0 aliphatic heterocycles. The van der Waals surface area contributed by atoms with Crippen LogP contribution in [0.2, 0.25) is 0 Å². The molecule has 2 rings (SSSR count). The van der Waals surface area contributed by atoms with Crippen molar-refractivity contribution in [3.8, 4) is 0 Å². The number of hydrogen-bond acceptors (Lipinski definition) is 3. The summed E-state index contributed by atoms with van der Waals surface area (Å²) in [6.07, 6.45) is 1.45. The smallest absolute Gasteiger partial charge is 0.246 e. The summed E-state index contributed by atoms with van der Waals surface area (Å²) in [5, 5.41) is 0. The van der Waals surface area contributed by atoms with Crippen molar-refractivity contribution in [1.29, 1.82) is 0 Å². The molecule has 2 aromatic heterocycles. The molecule has 0 fully saturated rings. The van der Waals surface area contributed by atoms with E-state index in [0.717, 1.165) is 11.2 Å². The first-order valence-corrected chi connectivity index (χ1v) is 5.95. The predicted octanol–water partition coefficient (Wildman–Crippen LogP) is 3.82. The highest BCUT2D eigenvalue weighted by Crippen LogP contribution is 2.34. The minimum Gasteiger partial charge on any atom is -0.425 e. The SMILES string of the molecule is CC(C)(C)c1cc2ncoc2nc1C(C)(C)C. The second kappa shape index (κ2) is 3.56. The first kappa shape index (κ1) is 12.1. The second-order valence-corrected chi connectivity index (χ2v) is 6.56. The Balaban J connectivity index is 2.78. The van der Waals surface area contributed by atoms with Gasteiger partial charge in [0.25, 0.3) is 0 Å². The van der Waals surface area contributed by atoms with E-state index in [-0.39, 0.29) is 10.8 Å². The third kappa shape index (κ3) is 2.19. The summed E-state index contributed by atoms with van der Waals surface area (Å²) < 4.78 is 5.30. The fourth-order valence-corrected chi connectivity index (χ4v) is 1.94. The van der Waals surface area contributed by atoms with Crippen molar-refractivity contribution >= 4 is 11.2 Å². The van der Waals surface area contributed by atoms with Crippen LogP contribution in [-0.2, 0) is 10.8 Å². The van der Waals surface area contributed by atoms with Gasteiger partial charge in [0.1, 0.15) is 5.52 Å². The lowest BCUT2D eigenvalue weighted by Gasteiger charge is -2.28. The van der Waals surface area contributed by atoms with Gasteiger partial charge >= 0.3 is 0 Å².